The van der Waals surface area contributed by atoms with Crippen LogP contribution in [-0.4, -0.2) is 22.7 Å². The van der Waals surface area contributed by atoms with Crippen LogP contribution in [0.3, 0.4) is 0 Å². The maximum atomic E-state index is 4.65. The van der Waals surface area contributed by atoms with E-state index >= 15 is 0 Å². The zero-order valence-corrected chi connectivity index (χ0v) is 15.6. The molecule has 0 bridgehead atoms. The van der Waals surface area contributed by atoms with Crippen molar-refractivity contribution < 1.29 is 0 Å². The molecule has 0 amide bonds. The Labute approximate surface area is 153 Å². The highest BCUT2D eigenvalue weighted by Gasteiger charge is 2.28. The minimum absolute atomic E-state index is 0.262. The van der Waals surface area contributed by atoms with Crippen LogP contribution in [0.5, 0.6) is 0 Å². The third-order valence-corrected chi connectivity index (χ3v) is 5.13. The van der Waals surface area contributed by atoms with Gasteiger partial charge in [0.1, 0.15) is 5.69 Å². The number of hydrogen-bond donors (Lipinski definition) is 0. The van der Waals surface area contributed by atoms with E-state index in [1.807, 2.05) is 24.3 Å². The summed E-state index contributed by atoms with van der Waals surface area (Å²) in [7, 11) is 4.14. The van der Waals surface area contributed by atoms with E-state index in [4.69, 9.17) is 0 Å². The number of likely N-dealkylation sites (N-methyl/N-ethyl adjacent to an activating group) is 1. The minimum Gasteiger partial charge on any atom is -0.346 e. The predicted octanol–water partition coefficient (Wildman–Crippen LogP) is 5.17. The van der Waals surface area contributed by atoms with Gasteiger partial charge in [0.25, 0.3) is 0 Å². The molecule has 0 saturated heterocycles. The van der Waals surface area contributed by atoms with Crippen LogP contribution >= 0.6 is 0 Å². The van der Waals surface area contributed by atoms with Gasteiger partial charge in [-0.05, 0) is 38.1 Å². The second kappa shape index (κ2) is 6.42. The van der Waals surface area contributed by atoms with Crippen molar-refractivity contribution in [3.05, 3.63) is 72.2 Å². The zero-order chi connectivity index (χ0) is 18.3. The number of hydrogen-bond acceptors (Lipinski definition) is 4. The molecular formula is C21H23N5. The first-order valence-electron chi connectivity index (χ1n) is 8.83. The van der Waals surface area contributed by atoms with E-state index < -0.39 is 0 Å². The molecule has 2 heterocycles. The van der Waals surface area contributed by atoms with E-state index in [0.717, 1.165) is 28.3 Å². The summed E-state index contributed by atoms with van der Waals surface area (Å²) in [5, 5.41) is 14.7. The molecule has 0 aliphatic carbocycles. The van der Waals surface area contributed by atoms with Crippen LogP contribution in [-0.2, 0) is 7.05 Å². The summed E-state index contributed by atoms with van der Waals surface area (Å²) < 4.78 is 2.16. The third-order valence-electron chi connectivity index (χ3n) is 5.13. The van der Waals surface area contributed by atoms with Crippen LogP contribution in [0.15, 0.2) is 76.7 Å². The van der Waals surface area contributed by atoms with E-state index in [-0.39, 0.29) is 6.04 Å². The molecule has 0 spiro atoms. The highest BCUT2D eigenvalue weighted by molar-refractivity contribution is 5.93. The Balaban J connectivity index is 1.75. The van der Waals surface area contributed by atoms with Crippen LogP contribution in [0, 0.1) is 6.92 Å². The van der Waals surface area contributed by atoms with Crippen molar-refractivity contribution in [3.8, 4) is 0 Å². The minimum atomic E-state index is 0.262. The Morgan fingerprint density at radius 2 is 1.58 bits per heavy atom. The van der Waals surface area contributed by atoms with Crippen molar-refractivity contribution in [2.75, 3.05) is 12.1 Å². The predicted molar refractivity (Wildman–Crippen MR) is 106 cm³/mol. The molecule has 0 radical (unpaired) electrons. The maximum absolute atomic E-state index is 4.65. The first kappa shape index (κ1) is 16.5. The number of fused-ring (bicyclic) bond motifs is 1. The number of benzene rings is 2. The summed E-state index contributed by atoms with van der Waals surface area (Å²) in [6.07, 6.45) is 2.14. The van der Waals surface area contributed by atoms with Crippen LogP contribution in [0.1, 0.15) is 12.6 Å². The summed E-state index contributed by atoms with van der Waals surface area (Å²) in [5.41, 5.74) is 4.30. The van der Waals surface area contributed by atoms with E-state index in [9.17, 15) is 0 Å². The highest BCUT2D eigenvalue weighted by Crippen LogP contribution is 2.34. The van der Waals surface area contributed by atoms with Gasteiger partial charge in [-0.2, -0.15) is 0 Å². The quantitative estimate of drug-likeness (QED) is 0.614. The fourth-order valence-electron chi connectivity index (χ4n) is 3.43. The van der Waals surface area contributed by atoms with Gasteiger partial charge in [-0.1, -0.05) is 36.4 Å². The van der Waals surface area contributed by atoms with Crippen molar-refractivity contribution >= 4 is 22.3 Å². The molecular weight excluding hydrogens is 322 g/mol. The van der Waals surface area contributed by atoms with Gasteiger partial charge in [0.2, 0.25) is 0 Å². The van der Waals surface area contributed by atoms with Gasteiger partial charge in [0, 0.05) is 31.2 Å². The molecule has 2 aromatic carbocycles. The Morgan fingerprint density at radius 3 is 2.35 bits per heavy atom. The lowest BCUT2D eigenvalue weighted by Gasteiger charge is -2.29. The summed E-state index contributed by atoms with van der Waals surface area (Å²) in [4.78, 5) is 0. The maximum Gasteiger partial charge on any atom is 0.167 e. The Bertz CT molecular complexity index is 1000. The second-order valence-corrected chi connectivity index (χ2v) is 6.70. The lowest BCUT2D eigenvalue weighted by molar-refractivity contribution is 0.316. The van der Waals surface area contributed by atoms with Gasteiger partial charge in [0.15, 0.2) is 5.82 Å². The van der Waals surface area contributed by atoms with Crippen molar-refractivity contribution in [2.45, 2.75) is 19.9 Å². The number of para-hydroxylation sites is 2. The Hall–Kier alpha value is -2.92. The summed E-state index contributed by atoms with van der Waals surface area (Å²) >= 11 is 0. The standard InChI is InChI=1S/C21H23N5/c1-15-14-20(26(25(15)4)17-10-6-5-7-11-17)22-23-21-16(2)24(3)19-13-9-8-12-18(19)21/h5-15H,1-4H3. The number of aromatic nitrogens is 1. The monoisotopic (exact) mass is 345 g/mol. The molecule has 1 unspecified atom stereocenters. The zero-order valence-electron chi connectivity index (χ0n) is 15.6. The van der Waals surface area contributed by atoms with Gasteiger partial charge in [-0.15, -0.1) is 10.2 Å². The fraction of sp³-hybridized carbons (Fsp3) is 0.238. The molecule has 5 heteroatoms. The molecule has 1 aliphatic heterocycles. The Kier molecular flexibility index (Phi) is 4.09. The van der Waals surface area contributed by atoms with Gasteiger partial charge >= 0.3 is 0 Å². The smallest absolute Gasteiger partial charge is 0.167 e. The molecule has 1 atom stereocenters. The SMILES string of the molecule is Cc1c(N=NC2=CC(C)N(C)N2c2ccccc2)c2ccccc2n1C. The van der Waals surface area contributed by atoms with E-state index in [2.05, 4.69) is 89.2 Å². The molecule has 132 valence electrons. The fourth-order valence-corrected chi connectivity index (χ4v) is 3.43. The normalized spacial score (nSPS) is 18.2. The average Bonchev–Trinajstić information content (AvgIpc) is 3.08. The van der Waals surface area contributed by atoms with Gasteiger partial charge in [-0.25, -0.2) is 5.01 Å². The molecule has 4 rings (SSSR count). The second-order valence-electron chi connectivity index (χ2n) is 6.70. The number of azo groups is 1. The van der Waals surface area contributed by atoms with Gasteiger partial charge < -0.3 is 4.57 Å². The van der Waals surface area contributed by atoms with Crippen LogP contribution in [0.4, 0.5) is 11.4 Å². The van der Waals surface area contributed by atoms with Crippen molar-refractivity contribution in [2.24, 2.45) is 17.3 Å². The lowest BCUT2D eigenvalue weighted by Crippen LogP contribution is -2.37. The number of nitrogens with zero attached hydrogens (tertiary/aromatic N) is 5. The molecule has 3 aromatic rings. The molecule has 1 aromatic heterocycles. The summed E-state index contributed by atoms with van der Waals surface area (Å²) in [5.74, 6) is 0.846. The van der Waals surface area contributed by atoms with E-state index in [1.54, 1.807) is 0 Å². The highest BCUT2D eigenvalue weighted by atomic mass is 15.7. The van der Waals surface area contributed by atoms with Gasteiger partial charge in [-0.3, -0.25) is 5.01 Å². The number of aryl methyl sites for hydroxylation is 1. The lowest BCUT2D eigenvalue weighted by atomic mass is 10.2. The number of hydrazine groups is 1. The van der Waals surface area contributed by atoms with Crippen molar-refractivity contribution in [1.29, 1.82) is 0 Å². The van der Waals surface area contributed by atoms with Gasteiger partial charge in [0.05, 0.1) is 11.2 Å². The summed E-state index contributed by atoms with van der Waals surface area (Å²) in [6, 6.07) is 18.8. The Morgan fingerprint density at radius 1 is 0.885 bits per heavy atom. The summed E-state index contributed by atoms with van der Waals surface area (Å²) in [6.45, 7) is 4.24. The van der Waals surface area contributed by atoms with Crippen LogP contribution < -0.4 is 5.01 Å². The molecule has 26 heavy (non-hydrogen) atoms. The largest absolute Gasteiger partial charge is 0.346 e. The molecule has 5 nitrogen and oxygen atoms in total. The van der Waals surface area contributed by atoms with Crippen molar-refractivity contribution in [3.63, 3.8) is 0 Å². The third kappa shape index (κ3) is 2.61. The van der Waals surface area contributed by atoms with Crippen molar-refractivity contribution in [1.82, 2.24) is 9.58 Å². The first-order chi connectivity index (χ1) is 12.6. The molecule has 0 fully saturated rings. The van der Waals surface area contributed by atoms with Crippen LogP contribution in [0.2, 0.25) is 0 Å². The molecule has 1 aliphatic rings. The first-order valence-corrected chi connectivity index (χ1v) is 8.83. The van der Waals surface area contributed by atoms with E-state index in [0.29, 0.717) is 0 Å². The van der Waals surface area contributed by atoms with Crippen LogP contribution in [0.25, 0.3) is 10.9 Å². The van der Waals surface area contributed by atoms with E-state index in [1.165, 1.54) is 5.52 Å². The topological polar surface area (TPSA) is 36.1 Å². The molecule has 0 N–H and O–H groups in total. The number of rotatable bonds is 3. The number of anilines is 1. The average molecular weight is 345 g/mol. The molecule has 0 saturated carbocycles.